The van der Waals surface area contributed by atoms with Gasteiger partial charge in [-0.1, -0.05) is 97.1 Å². The van der Waals surface area contributed by atoms with Crippen LogP contribution in [0.1, 0.15) is 0 Å². The zero-order valence-electron chi connectivity index (χ0n) is 16.9. The van der Waals surface area contributed by atoms with Crippen molar-refractivity contribution in [2.75, 3.05) is 6.79 Å². The lowest BCUT2D eigenvalue weighted by molar-refractivity contribution is 0.126. The minimum atomic E-state index is 0.135. The highest BCUT2D eigenvalue weighted by Gasteiger charge is 2.11. The van der Waals surface area contributed by atoms with E-state index in [4.69, 9.17) is 9.47 Å². The predicted octanol–water partition coefficient (Wildman–Crippen LogP) is 7.71. The van der Waals surface area contributed by atoms with Crippen molar-refractivity contribution in [3.8, 4) is 11.5 Å². The lowest BCUT2D eigenvalue weighted by atomic mass is 10.0. The Kier molecular flexibility index (Phi) is 4.21. The number of benzene rings is 6. The number of fused-ring (bicyclic) bond motifs is 4. The highest BCUT2D eigenvalue weighted by Crippen LogP contribution is 2.37. The molecule has 6 aromatic carbocycles. The molecule has 0 bridgehead atoms. The molecule has 31 heavy (non-hydrogen) atoms. The van der Waals surface area contributed by atoms with Crippen LogP contribution in [0.3, 0.4) is 0 Å². The molecular weight excluding hydrogens is 380 g/mol. The normalized spacial score (nSPS) is 11.4. The van der Waals surface area contributed by atoms with Gasteiger partial charge in [-0.05, 0) is 33.7 Å². The first-order valence-electron chi connectivity index (χ1n) is 10.4. The lowest BCUT2D eigenvalue weighted by Crippen LogP contribution is -2.07. The fourth-order valence-electron chi connectivity index (χ4n) is 4.40. The standard InChI is InChI=1S/C29H20O2/c1-5-13-24-20(9-1)17-21-10-2-6-14-25(21)28(24)30-19-31-29-26-15-7-3-11-22(26)18-23-12-4-8-16-27(23)29/h1-18H,19H2. The molecular formula is C29H20O2. The van der Waals surface area contributed by atoms with Gasteiger partial charge in [0.25, 0.3) is 0 Å². The minimum Gasteiger partial charge on any atom is -0.456 e. The molecule has 0 aliphatic heterocycles. The van der Waals surface area contributed by atoms with Crippen molar-refractivity contribution in [1.82, 2.24) is 0 Å². The van der Waals surface area contributed by atoms with E-state index in [9.17, 15) is 0 Å². The summed E-state index contributed by atoms with van der Waals surface area (Å²) >= 11 is 0. The van der Waals surface area contributed by atoms with Crippen molar-refractivity contribution in [2.24, 2.45) is 0 Å². The Labute approximate surface area is 180 Å². The van der Waals surface area contributed by atoms with E-state index in [-0.39, 0.29) is 6.79 Å². The van der Waals surface area contributed by atoms with E-state index in [1.807, 2.05) is 24.3 Å². The summed E-state index contributed by atoms with van der Waals surface area (Å²) in [4.78, 5) is 0. The molecule has 0 amide bonds. The molecule has 0 aliphatic carbocycles. The molecule has 0 N–H and O–H groups in total. The number of ether oxygens (including phenoxy) is 2. The molecule has 0 atom stereocenters. The summed E-state index contributed by atoms with van der Waals surface area (Å²) in [6.07, 6.45) is 0. The maximum atomic E-state index is 6.31. The van der Waals surface area contributed by atoms with Crippen molar-refractivity contribution in [3.63, 3.8) is 0 Å². The summed E-state index contributed by atoms with van der Waals surface area (Å²) in [5.41, 5.74) is 0. The van der Waals surface area contributed by atoms with Crippen LogP contribution in [0.5, 0.6) is 11.5 Å². The van der Waals surface area contributed by atoms with Crippen LogP contribution in [0.4, 0.5) is 0 Å². The average Bonchev–Trinajstić information content (AvgIpc) is 2.83. The summed E-state index contributed by atoms with van der Waals surface area (Å²) < 4.78 is 12.6. The third-order valence-corrected chi connectivity index (χ3v) is 5.85. The maximum Gasteiger partial charge on any atom is 0.231 e. The van der Waals surface area contributed by atoms with Gasteiger partial charge in [-0.2, -0.15) is 0 Å². The van der Waals surface area contributed by atoms with Gasteiger partial charge in [0, 0.05) is 21.5 Å². The number of hydrogen-bond donors (Lipinski definition) is 0. The highest BCUT2D eigenvalue weighted by atomic mass is 16.7. The van der Waals surface area contributed by atoms with Crippen molar-refractivity contribution in [3.05, 3.63) is 109 Å². The van der Waals surface area contributed by atoms with Gasteiger partial charge in [0.15, 0.2) is 0 Å². The van der Waals surface area contributed by atoms with Crippen LogP contribution in [0, 0.1) is 0 Å². The largest absolute Gasteiger partial charge is 0.456 e. The van der Waals surface area contributed by atoms with Crippen molar-refractivity contribution in [1.29, 1.82) is 0 Å². The summed E-state index contributed by atoms with van der Waals surface area (Å²) in [6.45, 7) is 0.135. The van der Waals surface area contributed by atoms with E-state index in [1.165, 1.54) is 0 Å². The smallest absolute Gasteiger partial charge is 0.231 e. The molecule has 0 saturated heterocycles. The first-order valence-corrected chi connectivity index (χ1v) is 10.4. The van der Waals surface area contributed by atoms with Crippen molar-refractivity contribution >= 4 is 43.1 Å². The first kappa shape index (κ1) is 17.8. The molecule has 6 aromatic rings. The zero-order valence-corrected chi connectivity index (χ0v) is 16.9. The van der Waals surface area contributed by atoms with Gasteiger partial charge in [0.05, 0.1) is 0 Å². The van der Waals surface area contributed by atoms with E-state index in [0.29, 0.717) is 0 Å². The van der Waals surface area contributed by atoms with Crippen LogP contribution >= 0.6 is 0 Å². The zero-order chi connectivity index (χ0) is 20.6. The van der Waals surface area contributed by atoms with E-state index >= 15 is 0 Å². The Balaban J connectivity index is 1.43. The second-order valence-corrected chi connectivity index (χ2v) is 7.70. The van der Waals surface area contributed by atoms with Crippen LogP contribution in [0.15, 0.2) is 109 Å². The van der Waals surface area contributed by atoms with Gasteiger partial charge < -0.3 is 9.47 Å². The van der Waals surface area contributed by atoms with Crippen LogP contribution in [0.25, 0.3) is 43.1 Å². The fraction of sp³-hybridized carbons (Fsp3) is 0.0345. The Hall–Kier alpha value is -4.04. The van der Waals surface area contributed by atoms with E-state index in [2.05, 4.69) is 84.9 Å². The highest BCUT2D eigenvalue weighted by molar-refractivity contribution is 6.06. The Morgan fingerprint density at radius 2 is 0.677 bits per heavy atom. The van der Waals surface area contributed by atoms with Crippen molar-refractivity contribution in [2.45, 2.75) is 0 Å². The van der Waals surface area contributed by atoms with Gasteiger partial charge in [0.1, 0.15) is 11.5 Å². The van der Waals surface area contributed by atoms with Gasteiger partial charge in [-0.25, -0.2) is 0 Å². The molecule has 0 saturated carbocycles. The molecule has 0 spiro atoms. The number of rotatable bonds is 4. The van der Waals surface area contributed by atoms with Crippen LogP contribution in [-0.4, -0.2) is 6.79 Å². The Morgan fingerprint density at radius 3 is 1.00 bits per heavy atom. The molecule has 0 unspecified atom stereocenters. The fourth-order valence-corrected chi connectivity index (χ4v) is 4.40. The Bertz CT molecular complexity index is 1340. The molecule has 2 heteroatoms. The second-order valence-electron chi connectivity index (χ2n) is 7.70. The molecule has 0 aliphatic rings. The van der Waals surface area contributed by atoms with Crippen molar-refractivity contribution < 1.29 is 9.47 Å². The third kappa shape index (κ3) is 3.04. The number of hydrogen-bond acceptors (Lipinski definition) is 2. The van der Waals surface area contributed by atoms with E-state index < -0.39 is 0 Å². The van der Waals surface area contributed by atoms with Crippen LogP contribution in [-0.2, 0) is 0 Å². The summed E-state index contributed by atoms with van der Waals surface area (Å²) in [7, 11) is 0. The molecule has 2 nitrogen and oxygen atoms in total. The quantitative estimate of drug-likeness (QED) is 0.223. The summed E-state index contributed by atoms with van der Waals surface area (Å²) in [5, 5.41) is 9.00. The molecule has 0 fully saturated rings. The average molecular weight is 400 g/mol. The SMILES string of the molecule is c1ccc2c(OCOc3c4ccccc4cc4ccccc34)c3ccccc3cc2c1. The van der Waals surface area contributed by atoms with Gasteiger partial charge in [-0.3, -0.25) is 0 Å². The van der Waals surface area contributed by atoms with Crippen LogP contribution in [0.2, 0.25) is 0 Å². The van der Waals surface area contributed by atoms with Gasteiger partial charge in [0.2, 0.25) is 6.79 Å². The molecule has 0 heterocycles. The summed E-state index contributed by atoms with van der Waals surface area (Å²) in [5.74, 6) is 1.72. The first-order chi connectivity index (χ1) is 15.4. The minimum absolute atomic E-state index is 0.135. The summed E-state index contributed by atoms with van der Waals surface area (Å²) in [6, 6.07) is 37.7. The van der Waals surface area contributed by atoms with Gasteiger partial charge >= 0.3 is 0 Å². The Morgan fingerprint density at radius 1 is 0.387 bits per heavy atom. The van der Waals surface area contributed by atoms with Crippen LogP contribution < -0.4 is 9.47 Å². The lowest BCUT2D eigenvalue weighted by Gasteiger charge is -2.16. The topological polar surface area (TPSA) is 18.5 Å². The third-order valence-electron chi connectivity index (χ3n) is 5.85. The molecule has 0 aromatic heterocycles. The second kappa shape index (κ2) is 7.33. The van der Waals surface area contributed by atoms with E-state index in [1.54, 1.807) is 0 Å². The predicted molar refractivity (Wildman–Crippen MR) is 129 cm³/mol. The molecule has 148 valence electrons. The monoisotopic (exact) mass is 400 g/mol. The molecule has 6 rings (SSSR count). The molecule has 0 radical (unpaired) electrons. The maximum absolute atomic E-state index is 6.31. The van der Waals surface area contributed by atoms with E-state index in [0.717, 1.165) is 54.6 Å². The van der Waals surface area contributed by atoms with Gasteiger partial charge in [-0.15, -0.1) is 0 Å².